The second-order valence-corrected chi connectivity index (χ2v) is 4.51. The quantitative estimate of drug-likeness (QED) is 0.568. The summed E-state index contributed by atoms with van der Waals surface area (Å²) in [5.41, 5.74) is 0. The molecule has 3 atom stereocenters. The van der Waals surface area contributed by atoms with Crippen molar-refractivity contribution in [1.82, 2.24) is 0 Å². The molecule has 104 valence electrons. The van der Waals surface area contributed by atoms with E-state index < -0.39 is 0 Å². The summed E-state index contributed by atoms with van der Waals surface area (Å²) in [6.07, 6.45) is 2.20. The largest absolute Gasteiger partial charge is 0.394 e. The van der Waals surface area contributed by atoms with Crippen LogP contribution < -0.4 is 0 Å². The maximum atomic E-state index is 8.84. The van der Waals surface area contributed by atoms with Gasteiger partial charge >= 0.3 is 0 Å². The van der Waals surface area contributed by atoms with E-state index in [1.54, 1.807) is 0 Å². The molecule has 0 aliphatic heterocycles. The standard InChI is InChI=1S/C13H28O4/c1-5-6-7-15-9-12(3)16-10-13(4)17-11(2)8-14/h11-14H,5-10H2,1-4H3/t11-,12+,13-/m0/s1. The van der Waals surface area contributed by atoms with Crippen molar-refractivity contribution in [3.8, 4) is 0 Å². The average molecular weight is 248 g/mol. The second kappa shape index (κ2) is 11.0. The molecular weight excluding hydrogens is 220 g/mol. The fourth-order valence-electron chi connectivity index (χ4n) is 1.32. The molecule has 4 nitrogen and oxygen atoms in total. The highest BCUT2D eigenvalue weighted by Gasteiger charge is 2.10. The van der Waals surface area contributed by atoms with Crippen LogP contribution >= 0.6 is 0 Å². The number of hydrogen-bond donors (Lipinski definition) is 1. The monoisotopic (exact) mass is 248 g/mol. The van der Waals surface area contributed by atoms with E-state index in [0.29, 0.717) is 13.2 Å². The molecule has 0 amide bonds. The molecule has 0 saturated carbocycles. The van der Waals surface area contributed by atoms with Gasteiger partial charge in [-0.2, -0.15) is 0 Å². The van der Waals surface area contributed by atoms with Crippen molar-refractivity contribution in [2.45, 2.75) is 58.8 Å². The molecule has 0 aliphatic rings. The van der Waals surface area contributed by atoms with Gasteiger partial charge in [0.1, 0.15) is 0 Å². The molecule has 17 heavy (non-hydrogen) atoms. The van der Waals surface area contributed by atoms with Crippen molar-refractivity contribution in [1.29, 1.82) is 0 Å². The number of hydrogen-bond acceptors (Lipinski definition) is 4. The molecule has 0 aromatic heterocycles. The molecule has 0 radical (unpaired) electrons. The van der Waals surface area contributed by atoms with Crippen LogP contribution in [0.4, 0.5) is 0 Å². The zero-order valence-corrected chi connectivity index (χ0v) is 11.6. The molecule has 0 heterocycles. The Morgan fingerprint density at radius 2 is 1.71 bits per heavy atom. The van der Waals surface area contributed by atoms with Gasteiger partial charge in [0.2, 0.25) is 0 Å². The minimum atomic E-state index is -0.135. The summed E-state index contributed by atoms with van der Waals surface area (Å²) in [5, 5.41) is 8.84. The van der Waals surface area contributed by atoms with Crippen molar-refractivity contribution in [2.24, 2.45) is 0 Å². The van der Waals surface area contributed by atoms with Gasteiger partial charge in [-0.3, -0.25) is 0 Å². The molecule has 0 fully saturated rings. The van der Waals surface area contributed by atoms with Gasteiger partial charge < -0.3 is 19.3 Å². The van der Waals surface area contributed by atoms with Gasteiger partial charge in [0.25, 0.3) is 0 Å². The zero-order chi connectivity index (χ0) is 13.1. The average Bonchev–Trinajstić information content (AvgIpc) is 2.32. The molecule has 0 aromatic rings. The molecular formula is C13H28O4. The minimum Gasteiger partial charge on any atom is -0.394 e. The van der Waals surface area contributed by atoms with E-state index in [9.17, 15) is 0 Å². The molecule has 4 heteroatoms. The normalized spacial score (nSPS) is 16.8. The maximum absolute atomic E-state index is 8.84. The van der Waals surface area contributed by atoms with Gasteiger partial charge in [-0.05, 0) is 27.2 Å². The minimum absolute atomic E-state index is 0.00441. The van der Waals surface area contributed by atoms with Gasteiger partial charge in [-0.25, -0.2) is 0 Å². The lowest BCUT2D eigenvalue weighted by molar-refractivity contribution is -0.0845. The lowest BCUT2D eigenvalue weighted by Crippen LogP contribution is -2.27. The summed E-state index contributed by atoms with van der Waals surface area (Å²) in [6, 6.07) is 0. The van der Waals surface area contributed by atoms with E-state index in [-0.39, 0.29) is 24.9 Å². The van der Waals surface area contributed by atoms with Crippen molar-refractivity contribution >= 4 is 0 Å². The number of rotatable bonds is 11. The van der Waals surface area contributed by atoms with Crippen LogP contribution in [0.15, 0.2) is 0 Å². The second-order valence-electron chi connectivity index (χ2n) is 4.51. The van der Waals surface area contributed by atoms with Crippen LogP contribution in [0.5, 0.6) is 0 Å². The lowest BCUT2D eigenvalue weighted by Gasteiger charge is -2.20. The Labute approximate surface area is 105 Å². The number of aliphatic hydroxyl groups excluding tert-OH is 1. The van der Waals surface area contributed by atoms with E-state index in [1.165, 1.54) is 0 Å². The molecule has 0 unspecified atom stereocenters. The first-order valence-corrected chi connectivity index (χ1v) is 6.55. The van der Waals surface area contributed by atoms with E-state index in [2.05, 4.69) is 6.92 Å². The predicted octanol–water partition coefficient (Wildman–Crippen LogP) is 1.99. The summed E-state index contributed by atoms with van der Waals surface area (Å²) < 4.78 is 16.5. The van der Waals surface area contributed by atoms with Gasteiger partial charge in [0.05, 0.1) is 38.1 Å². The van der Waals surface area contributed by atoms with Crippen LogP contribution in [0.1, 0.15) is 40.5 Å². The molecule has 0 aliphatic carbocycles. The van der Waals surface area contributed by atoms with Crippen molar-refractivity contribution in [2.75, 3.05) is 26.4 Å². The van der Waals surface area contributed by atoms with Crippen LogP contribution in [-0.4, -0.2) is 49.8 Å². The molecule has 0 spiro atoms. The summed E-state index contributed by atoms with van der Waals surface area (Å²) in [4.78, 5) is 0. The number of ether oxygens (including phenoxy) is 3. The summed E-state index contributed by atoms with van der Waals surface area (Å²) in [7, 11) is 0. The Morgan fingerprint density at radius 1 is 1.00 bits per heavy atom. The highest BCUT2D eigenvalue weighted by atomic mass is 16.6. The van der Waals surface area contributed by atoms with E-state index in [1.807, 2.05) is 20.8 Å². The molecule has 0 saturated heterocycles. The lowest BCUT2D eigenvalue weighted by atomic mass is 10.3. The van der Waals surface area contributed by atoms with Crippen LogP contribution in [0.3, 0.4) is 0 Å². The highest BCUT2D eigenvalue weighted by molar-refractivity contribution is 4.55. The third kappa shape index (κ3) is 10.7. The zero-order valence-electron chi connectivity index (χ0n) is 11.6. The smallest absolute Gasteiger partial charge is 0.0785 e. The topological polar surface area (TPSA) is 47.9 Å². The first kappa shape index (κ1) is 16.8. The maximum Gasteiger partial charge on any atom is 0.0785 e. The van der Waals surface area contributed by atoms with Crippen molar-refractivity contribution in [3.63, 3.8) is 0 Å². The van der Waals surface area contributed by atoms with E-state index in [4.69, 9.17) is 19.3 Å². The van der Waals surface area contributed by atoms with Gasteiger partial charge in [-0.15, -0.1) is 0 Å². The fourth-order valence-corrected chi connectivity index (χ4v) is 1.32. The van der Waals surface area contributed by atoms with Crippen LogP contribution in [0.2, 0.25) is 0 Å². The molecule has 1 N–H and O–H groups in total. The fraction of sp³-hybridized carbons (Fsp3) is 1.00. The van der Waals surface area contributed by atoms with Gasteiger partial charge in [0, 0.05) is 6.61 Å². The summed E-state index contributed by atoms with van der Waals surface area (Å²) >= 11 is 0. The van der Waals surface area contributed by atoms with Gasteiger partial charge in [0.15, 0.2) is 0 Å². The Hall–Kier alpha value is -0.160. The Balaban J connectivity index is 3.45. The molecule has 0 rings (SSSR count). The van der Waals surface area contributed by atoms with E-state index in [0.717, 1.165) is 19.4 Å². The molecule has 0 aromatic carbocycles. The third-order valence-corrected chi connectivity index (χ3v) is 2.33. The van der Waals surface area contributed by atoms with Crippen LogP contribution in [-0.2, 0) is 14.2 Å². The summed E-state index contributed by atoms with van der Waals surface area (Å²) in [6.45, 7) is 9.92. The first-order chi connectivity index (χ1) is 8.10. The van der Waals surface area contributed by atoms with Crippen molar-refractivity contribution < 1.29 is 19.3 Å². The Kier molecular flexibility index (Phi) is 10.9. The highest BCUT2D eigenvalue weighted by Crippen LogP contribution is 2.01. The Bertz CT molecular complexity index is 163. The van der Waals surface area contributed by atoms with E-state index >= 15 is 0 Å². The number of unbranched alkanes of at least 4 members (excludes halogenated alkanes) is 1. The first-order valence-electron chi connectivity index (χ1n) is 6.55. The molecule has 0 bridgehead atoms. The third-order valence-electron chi connectivity index (χ3n) is 2.33. The van der Waals surface area contributed by atoms with Crippen LogP contribution in [0.25, 0.3) is 0 Å². The summed E-state index contributed by atoms with van der Waals surface area (Å²) in [5.74, 6) is 0. The SMILES string of the molecule is CCCCOC[C@@H](C)OC[C@H](C)O[C@@H](C)CO. The number of aliphatic hydroxyl groups is 1. The predicted molar refractivity (Wildman–Crippen MR) is 68.2 cm³/mol. The van der Waals surface area contributed by atoms with Gasteiger partial charge in [-0.1, -0.05) is 13.3 Å². The Morgan fingerprint density at radius 3 is 2.29 bits per heavy atom. The van der Waals surface area contributed by atoms with Crippen molar-refractivity contribution in [3.05, 3.63) is 0 Å². The van der Waals surface area contributed by atoms with Crippen LogP contribution in [0, 0.1) is 0 Å².